The van der Waals surface area contributed by atoms with Gasteiger partial charge in [0.1, 0.15) is 19.0 Å². The van der Waals surface area contributed by atoms with E-state index in [1.165, 1.54) is 104 Å². The van der Waals surface area contributed by atoms with Gasteiger partial charge in [-0.3, -0.25) is 18.5 Å². The quantitative estimate of drug-likeness (QED) is 0.0228. The second-order valence-corrected chi connectivity index (χ2v) is 32.8. The largest absolute Gasteiger partial charge is 1.00 e. The third-order valence-electron chi connectivity index (χ3n) is 17.6. The number of benzene rings is 9. The fourth-order valence-corrected chi connectivity index (χ4v) is 17.9. The van der Waals surface area contributed by atoms with Gasteiger partial charge in [0.25, 0.3) is 0 Å². The Balaban J connectivity index is 0.000000212. The molecule has 0 atom stereocenters. The number of hydrogen-bond donors (Lipinski definition) is 2. The highest BCUT2D eigenvalue weighted by Crippen LogP contribution is 2.35. The van der Waals surface area contributed by atoms with Gasteiger partial charge in [0.15, 0.2) is 44.1 Å². The number of aromatic nitrogens is 6. The molecule has 0 amide bonds. The van der Waals surface area contributed by atoms with E-state index in [2.05, 4.69) is 306 Å². The van der Waals surface area contributed by atoms with Crippen molar-refractivity contribution in [2.75, 3.05) is 26.4 Å². The fourth-order valence-electron chi connectivity index (χ4n) is 11.6. The van der Waals surface area contributed by atoms with Crippen molar-refractivity contribution in [3.05, 3.63) is 355 Å². The minimum absolute atomic E-state index is 0. The third kappa shape index (κ3) is 34.1. The predicted molar refractivity (Wildman–Crippen MR) is 449 cm³/mol. The number of aliphatic hydroxyl groups is 1. The minimum atomic E-state index is -3.58. The van der Waals surface area contributed by atoms with Crippen LogP contribution >= 0.6 is 0 Å². The molecule has 9 aromatic carbocycles. The number of carbonyl (C=O) groups excluding carboxylic acids is 3. The Labute approximate surface area is 713 Å². The Morgan fingerprint density at radius 2 is 0.602 bits per heavy atom. The van der Waals surface area contributed by atoms with E-state index < -0.39 is 35.6 Å². The van der Waals surface area contributed by atoms with Crippen molar-refractivity contribution in [3.8, 4) is 0 Å². The number of hydrogen-bond acceptors (Lipinski definition) is 11. The zero-order chi connectivity index (χ0) is 84.1. The van der Waals surface area contributed by atoms with Crippen LogP contribution in [0.1, 0.15) is 76.9 Å². The Morgan fingerprint density at radius 3 is 0.788 bits per heavy atom. The van der Waals surface area contributed by atoms with Gasteiger partial charge in [0.2, 0.25) is 0 Å². The zero-order valence-corrected chi connectivity index (χ0v) is 70.5. The van der Waals surface area contributed by atoms with Crippen LogP contribution in [0.5, 0.6) is 0 Å². The topological polar surface area (TPSA) is 190 Å². The van der Waals surface area contributed by atoms with Gasteiger partial charge in [0.05, 0.1) is 65.0 Å². The summed E-state index contributed by atoms with van der Waals surface area (Å²) in [6.07, 6.45) is 24.0. The Bertz CT molecular complexity index is 4100. The lowest BCUT2D eigenvalue weighted by Crippen LogP contribution is -3.00. The van der Waals surface area contributed by atoms with Crippen molar-refractivity contribution in [2.45, 2.75) is 134 Å². The second kappa shape index (κ2) is 52.2. The molecule has 2 aliphatic carbocycles. The molecule has 3 heterocycles. The van der Waals surface area contributed by atoms with E-state index in [9.17, 15) is 45.5 Å². The molecule has 14 rings (SSSR count). The first-order chi connectivity index (χ1) is 56.5. The van der Waals surface area contributed by atoms with Gasteiger partial charge in [-0.05, 0) is 184 Å². The highest BCUT2D eigenvalue weighted by Gasteiger charge is 2.37. The van der Waals surface area contributed by atoms with Crippen molar-refractivity contribution < 1.29 is 93.9 Å². The number of halogens is 7. The molecule has 2 saturated carbocycles. The molecule has 2 aliphatic rings. The van der Waals surface area contributed by atoms with Crippen molar-refractivity contribution in [1.82, 2.24) is 28.7 Å². The summed E-state index contributed by atoms with van der Waals surface area (Å²) in [5, 5.41) is 16.4. The van der Waals surface area contributed by atoms with E-state index in [4.69, 9.17) is 19.7 Å². The molecule has 2 N–H and O–H groups in total. The Morgan fingerprint density at radius 1 is 0.381 bits per heavy atom. The predicted octanol–water partition coefficient (Wildman–Crippen LogP) is 18.9. The second-order valence-electron chi connectivity index (χ2n) is 26.8. The lowest BCUT2D eigenvalue weighted by atomic mass is 9.83. The van der Waals surface area contributed by atoms with Gasteiger partial charge in [-0.1, -0.05) is 177 Å². The molecule has 15 nitrogen and oxygen atoms in total. The molecule has 620 valence electrons. The maximum Gasteiger partial charge on any atom is 0.376 e. The van der Waals surface area contributed by atoms with Gasteiger partial charge in [-0.15, -0.1) is 0 Å². The number of imidazole rings is 3. The van der Waals surface area contributed by atoms with Crippen LogP contribution in [0.3, 0.4) is 0 Å². The smallest absolute Gasteiger partial charge is 0.376 e. The summed E-state index contributed by atoms with van der Waals surface area (Å²) in [5.41, 5.74) is 0. The van der Waals surface area contributed by atoms with E-state index in [0.717, 1.165) is 56.0 Å². The van der Waals surface area contributed by atoms with Crippen LogP contribution in [0.15, 0.2) is 399 Å². The van der Waals surface area contributed by atoms with Crippen molar-refractivity contribution in [1.29, 1.82) is 0 Å². The lowest BCUT2D eigenvalue weighted by Gasteiger charge is -2.27. The van der Waals surface area contributed by atoms with Gasteiger partial charge < -0.3 is 48.4 Å². The van der Waals surface area contributed by atoms with Gasteiger partial charge >= 0.3 is 41.6 Å². The maximum absolute atomic E-state index is 12.6. The number of aliphatic hydroxyl groups excluding tert-OH is 1. The van der Waals surface area contributed by atoms with Crippen LogP contribution in [0.4, 0.5) is 31.1 Å². The van der Waals surface area contributed by atoms with Crippen LogP contribution < -0.4 is 24.0 Å². The summed E-state index contributed by atoms with van der Waals surface area (Å²) < 4.78 is 90.6. The van der Waals surface area contributed by atoms with E-state index in [-0.39, 0.29) is 75.2 Å². The van der Waals surface area contributed by atoms with Gasteiger partial charge in [0, 0.05) is 64.6 Å². The number of esters is 1. The first-order valence-corrected chi connectivity index (χ1v) is 41.5. The number of carboxylic acid groups (broad SMARTS) is 1. The minimum Gasteiger partial charge on any atom is -1.00 e. The molecular weight excluding hydrogens is 1680 g/mol. The van der Waals surface area contributed by atoms with Crippen LogP contribution in [-0.2, 0) is 56.5 Å². The highest BCUT2D eigenvalue weighted by molar-refractivity contribution is 7.97. The van der Waals surface area contributed by atoms with Crippen LogP contribution in [0, 0.1) is 23.7 Å². The lowest BCUT2D eigenvalue weighted by molar-refractivity contribution is -0.171. The van der Waals surface area contributed by atoms with Crippen LogP contribution in [0.2, 0.25) is 0 Å². The van der Waals surface area contributed by atoms with Crippen LogP contribution in [-0.4, -0.2) is 107 Å². The number of nitrogens with zero attached hydrogens (tertiary/aromatic N) is 6. The first-order valence-electron chi connectivity index (χ1n) is 37.8. The number of alkyl halides is 6. The van der Waals surface area contributed by atoms with Crippen LogP contribution in [0.25, 0.3) is 0 Å². The number of aliphatic carboxylic acids is 1. The summed E-state index contributed by atoms with van der Waals surface area (Å²) in [4.78, 5) is 65.5. The molecule has 118 heavy (non-hydrogen) atoms. The summed E-state index contributed by atoms with van der Waals surface area (Å²) in [6, 6.07) is 96.3. The standard InChI is InChI=1S/3C18H15S.C13H20F2O3.C10H18O2.C7H6N4O.C6H6F2N2O.C3H4F2O2.HI/c3*1-4-10-16(11-5-1)19(17-12-6-2-7-13-17)18-14-8-3-9-15-18;1-3-17-8-10-4-6-11(7-5-10)9-18-12(16)13(2,14)15;1-2-12-8-10-5-3-9(7-11)4-6-10;12-7(10-3-1-8-5-10)11-4-2-9-6-11;1-6(7,8)5(11)10-3-2-9-4-10;1-3(4,5)2(6)7;/h3*1-15H;3,10-11H,1,4-9H2,2H3;2,9-11H,1,3-8H2;1-6H;2-4H,1H3;1H3,(H,6,7);1H/q3*+1;;;;;;/p-1. The molecule has 12 aromatic rings. The summed E-state index contributed by atoms with van der Waals surface area (Å²) in [7, 11) is -0.0439. The molecule has 0 spiro atoms. The molecule has 0 bridgehead atoms. The molecule has 2 fully saturated rings. The fraction of sp³-hybridized carbons (Fsp3) is 0.237. The average Bonchev–Trinajstić information content (AvgIpc) is 1.28. The van der Waals surface area contributed by atoms with E-state index in [1.807, 2.05) is 0 Å². The molecule has 25 heteroatoms. The van der Waals surface area contributed by atoms with Crippen molar-refractivity contribution >= 4 is 56.6 Å². The van der Waals surface area contributed by atoms with Crippen molar-refractivity contribution in [3.63, 3.8) is 0 Å². The highest BCUT2D eigenvalue weighted by atomic mass is 127. The van der Waals surface area contributed by atoms with Gasteiger partial charge in [-0.2, -0.15) is 26.3 Å². The van der Waals surface area contributed by atoms with E-state index in [0.29, 0.717) is 51.7 Å². The Kier molecular flexibility index (Phi) is 42.5. The number of rotatable bonds is 21. The number of carboxylic acids is 1. The molecule has 0 radical (unpaired) electrons. The zero-order valence-electron chi connectivity index (χ0n) is 65.8. The molecule has 0 saturated heterocycles. The van der Waals surface area contributed by atoms with Crippen molar-refractivity contribution in [2.24, 2.45) is 23.7 Å². The molecule has 0 unspecified atom stereocenters. The Hall–Kier alpha value is -10.7. The summed E-state index contributed by atoms with van der Waals surface area (Å²) >= 11 is 0. The first kappa shape index (κ1) is 96.1. The third-order valence-corrected chi connectivity index (χ3v) is 24.3. The summed E-state index contributed by atoms with van der Waals surface area (Å²) in [6.45, 7) is 10.3. The number of carbonyl (C=O) groups is 4. The summed E-state index contributed by atoms with van der Waals surface area (Å²) in [5.74, 6) is -13.2. The maximum atomic E-state index is 12.6. The van der Waals surface area contributed by atoms with E-state index in [1.54, 1.807) is 24.8 Å². The monoisotopic (exact) mass is 1780 g/mol. The number of ether oxygens (including phenoxy) is 3. The normalized spacial score (nSPS) is 14.6. The van der Waals surface area contributed by atoms with Gasteiger partial charge in [-0.25, -0.2) is 29.3 Å². The SMILES string of the molecule is C=COCC1CCC(CO)CC1.C=COCC1CCC(COC(=O)C(C)(F)F)CC1.CC(F)(F)C(=O)O.CC(F)(F)C(=O)n1ccnc1.O=C(n1ccnc1)n1ccnc1.[I-].c1ccc([S+](c2ccccc2)c2ccccc2)cc1.c1ccc([S+](c2ccccc2)c2ccccc2)cc1.c1ccc([S+](c2ccccc2)c2ccccc2)cc1. The average molecular weight is 1780 g/mol. The molecule has 0 aliphatic heterocycles. The molecule has 3 aromatic heterocycles. The molecular formula is C93H99F6IN6O9S3+2. The van der Waals surface area contributed by atoms with E-state index >= 15 is 0 Å².